The van der Waals surface area contributed by atoms with E-state index in [1.807, 2.05) is 0 Å². The zero-order valence-corrected chi connectivity index (χ0v) is 13.4. The Balaban J connectivity index is 2.04. The molecule has 108 valence electrons. The minimum Gasteiger partial charge on any atom is -0.332 e. The molecule has 0 aliphatic heterocycles. The van der Waals surface area contributed by atoms with Crippen molar-refractivity contribution in [3.8, 4) is 0 Å². The molecule has 2 aromatic rings. The molecule has 0 saturated heterocycles. The normalized spacial score (nSPS) is 10.0. The average Bonchev–Trinajstić information content (AvgIpc) is 2.44. The first kappa shape index (κ1) is 15.8. The fourth-order valence-corrected chi connectivity index (χ4v) is 2.25. The number of ketones is 1. The van der Waals surface area contributed by atoms with Crippen molar-refractivity contribution >= 4 is 57.7 Å². The Morgan fingerprint density at radius 2 is 1.71 bits per heavy atom. The second kappa shape index (κ2) is 6.89. The molecule has 0 heterocycles. The Kier molecular flexibility index (Phi) is 5.17. The van der Waals surface area contributed by atoms with Gasteiger partial charge >= 0.3 is 0 Å². The maximum atomic E-state index is 11.2. The van der Waals surface area contributed by atoms with Crippen LogP contribution < -0.4 is 10.6 Å². The lowest BCUT2D eigenvalue weighted by Crippen LogP contribution is -2.19. The van der Waals surface area contributed by atoms with E-state index in [-0.39, 0.29) is 5.78 Å². The van der Waals surface area contributed by atoms with Crippen LogP contribution in [-0.2, 0) is 0 Å². The van der Waals surface area contributed by atoms with Gasteiger partial charge in [0, 0.05) is 11.3 Å². The first-order valence-electron chi connectivity index (χ1n) is 6.10. The van der Waals surface area contributed by atoms with Crippen molar-refractivity contribution in [2.24, 2.45) is 0 Å². The molecule has 0 amide bonds. The molecule has 2 aromatic carbocycles. The second-order valence-corrected chi connectivity index (χ2v) is 5.51. The van der Waals surface area contributed by atoms with E-state index >= 15 is 0 Å². The maximum absolute atomic E-state index is 11.2. The van der Waals surface area contributed by atoms with Crippen molar-refractivity contribution in [3.63, 3.8) is 0 Å². The van der Waals surface area contributed by atoms with Crippen LogP contribution >= 0.6 is 35.4 Å². The maximum Gasteiger partial charge on any atom is 0.175 e. The van der Waals surface area contributed by atoms with Crippen LogP contribution in [0.25, 0.3) is 0 Å². The van der Waals surface area contributed by atoms with Crippen LogP contribution in [0.5, 0.6) is 0 Å². The summed E-state index contributed by atoms with van der Waals surface area (Å²) < 4.78 is 0. The van der Waals surface area contributed by atoms with E-state index in [0.29, 0.717) is 26.4 Å². The van der Waals surface area contributed by atoms with Gasteiger partial charge in [0.2, 0.25) is 0 Å². The molecule has 0 saturated carbocycles. The number of hydrogen-bond donors (Lipinski definition) is 2. The number of anilines is 2. The molecule has 2 rings (SSSR count). The molecule has 6 heteroatoms. The highest BCUT2D eigenvalue weighted by atomic mass is 35.5. The Labute approximate surface area is 138 Å². The van der Waals surface area contributed by atoms with E-state index in [1.165, 1.54) is 6.92 Å². The summed E-state index contributed by atoms with van der Waals surface area (Å²) in [5.41, 5.74) is 2.05. The number of halogens is 2. The SMILES string of the molecule is CC(=O)c1ccc(NC(=S)Nc2cccc(Cl)c2Cl)cc1. The first-order chi connectivity index (χ1) is 9.97. The van der Waals surface area contributed by atoms with Gasteiger partial charge in [0.15, 0.2) is 10.9 Å². The quantitative estimate of drug-likeness (QED) is 0.610. The summed E-state index contributed by atoms with van der Waals surface area (Å²) in [4.78, 5) is 11.2. The van der Waals surface area contributed by atoms with Crippen LogP contribution in [-0.4, -0.2) is 10.9 Å². The molecule has 0 atom stereocenters. The van der Waals surface area contributed by atoms with Gasteiger partial charge in [-0.15, -0.1) is 0 Å². The molecule has 0 aromatic heterocycles. The van der Waals surface area contributed by atoms with Crippen LogP contribution in [0.1, 0.15) is 17.3 Å². The molecule has 2 N–H and O–H groups in total. The standard InChI is InChI=1S/C15H12Cl2N2OS/c1-9(20)10-5-7-11(8-6-10)18-15(21)19-13-4-2-3-12(16)14(13)17/h2-8H,1H3,(H2,18,19,21). The largest absolute Gasteiger partial charge is 0.332 e. The van der Waals surface area contributed by atoms with E-state index in [2.05, 4.69) is 10.6 Å². The van der Waals surface area contributed by atoms with Gasteiger partial charge in [-0.05, 0) is 55.5 Å². The number of benzene rings is 2. The molecule has 0 fully saturated rings. The lowest BCUT2D eigenvalue weighted by molar-refractivity contribution is 0.101. The Hall–Kier alpha value is -1.62. The molecule has 0 radical (unpaired) electrons. The highest BCUT2D eigenvalue weighted by molar-refractivity contribution is 7.80. The second-order valence-electron chi connectivity index (χ2n) is 4.31. The van der Waals surface area contributed by atoms with Crippen molar-refractivity contribution in [2.75, 3.05) is 10.6 Å². The molecule has 0 spiro atoms. The molecule has 21 heavy (non-hydrogen) atoms. The third kappa shape index (κ3) is 4.17. The lowest BCUT2D eigenvalue weighted by atomic mass is 10.1. The van der Waals surface area contributed by atoms with E-state index in [9.17, 15) is 4.79 Å². The van der Waals surface area contributed by atoms with Gasteiger partial charge in [-0.2, -0.15) is 0 Å². The Morgan fingerprint density at radius 3 is 2.33 bits per heavy atom. The van der Waals surface area contributed by atoms with Crippen molar-refractivity contribution in [1.82, 2.24) is 0 Å². The van der Waals surface area contributed by atoms with Gasteiger partial charge in [-0.25, -0.2) is 0 Å². The molecule has 0 aliphatic rings. The summed E-state index contributed by atoms with van der Waals surface area (Å²) in [6.45, 7) is 1.52. The van der Waals surface area contributed by atoms with Gasteiger partial charge < -0.3 is 10.6 Å². The lowest BCUT2D eigenvalue weighted by Gasteiger charge is -2.12. The van der Waals surface area contributed by atoms with Crippen LogP contribution in [0.2, 0.25) is 10.0 Å². The van der Waals surface area contributed by atoms with Crippen LogP contribution in [0.4, 0.5) is 11.4 Å². The molecule has 0 bridgehead atoms. The van der Waals surface area contributed by atoms with E-state index in [1.54, 1.807) is 42.5 Å². The average molecular weight is 339 g/mol. The van der Waals surface area contributed by atoms with Crippen molar-refractivity contribution in [2.45, 2.75) is 6.92 Å². The summed E-state index contributed by atoms with van der Waals surface area (Å²) in [6.07, 6.45) is 0. The van der Waals surface area contributed by atoms with Gasteiger partial charge in [0.1, 0.15) is 0 Å². The number of carbonyl (C=O) groups excluding carboxylic acids is 1. The summed E-state index contributed by atoms with van der Waals surface area (Å²) >= 11 is 17.2. The van der Waals surface area contributed by atoms with E-state index < -0.39 is 0 Å². The topological polar surface area (TPSA) is 41.1 Å². The van der Waals surface area contributed by atoms with Crippen molar-refractivity contribution < 1.29 is 4.79 Å². The van der Waals surface area contributed by atoms with Crippen LogP contribution in [0.3, 0.4) is 0 Å². The minimum atomic E-state index is 0.0213. The summed E-state index contributed by atoms with van der Waals surface area (Å²) in [7, 11) is 0. The van der Waals surface area contributed by atoms with Gasteiger partial charge in [0.05, 0.1) is 15.7 Å². The molecule has 0 aliphatic carbocycles. The number of carbonyl (C=O) groups is 1. The molecule has 0 unspecified atom stereocenters. The predicted octanol–water partition coefficient (Wildman–Crippen LogP) is 5.00. The smallest absolute Gasteiger partial charge is 0.175 e. The summed E-state index contributed by atoms with van der Waals surface area (Å²) in [6, 6.07) is 12.3. The predicted molar refractivity (Wildman–Crippen MR) is 92.8 cm³/mol. The van der Waals surface area contributed by atoms with Gasteiger partial charge in [0.25, 0.3) is 0 Å². The van der Waals surface area contributed by atoms with Crippen LogP contribution in [0.15, 0.2) is 42.5 Å². The zero-order valence-electron chi connectivity index (χ0n) is 11.1. The van der Waals surface area contributed by atoms with Crippen LogP contribution in [0, 0.1) is 0 Å². The molecule has 3 nitrogen and oxygen atoms in total. The molecular formula is C15H12Cl2N2OS. The molecular weight excluding hydrogens is 327 g/mol. The number of nitrogens with one attached hydrogen (secondary N) is 2. The monoisotopic (exact) mass is 338 g/mol. The van der Waals surface area contributed by atoms with Crippen molar-refractivity contribution in [3.05, 3.63) is 58.1 Å². The first-order valence-corrected chi connectivity index (χ1v) is 7.27. The van der Waals surface area contributed by atoms with E-state index in [4.69, 9.17) is 35.4 Å². The number of hydrogen-bond acceptors (Lipinski definition) is 2. The fourth-order valence-electron chi connectivity index (χ4n) is 1.67. The number of rotatable bonds is 3. The van der Waals surface area contributed by atoms with Gasteiger partial charge in [-0.3, -0.25) is 4.79 Å². The number of thiocarbonyl (C=S) groups is 1. The summed E-state index contributed by atoms with van der Waals surface area (Å²) in [5.74, 6) is 0.0213. The minimum absolute atomic E-state index is 0.0213. The Bertz CT molecular complexity index is 687. The third-order valence-electron chi connectivity index (χ3n) is 2.75. The Morgan fingerprint density at radius 1 is 1.05 bits per heavy atom. The number of Topliss-reactive ketones (excluding diaryl/α,β-unsaturated/α-hetero) is 1. The highest BCUT2D eigenvalue weighted by Crippen LogP contribution is 2.29. The highest BCUT2D eigenvalue weighted by Gasteiger charge is 2.06. The van der Waals surface area contributed by atoms with Crippen molar-refractivity contribution in [1.29, 1.82) is 0 Å². The van der Waals surface area contributed by atoms with Gasteiger partial charge in [-0.1, -0.05) is 29.3 Å². The summed E-state index contributed by atoms with van der Waals surface area (Å²) in [5, 5.41) is 7.23. The third-order valence-corrected chi connectivity index (χ3v) is 3.77. The fraction of sp³-hybridized carbons (Fsp3) is 0.0667. The van der Waals surface area contributed by atoms with E-state index in [0.717, 1.165) is 5.69 Å². The zero-order chi connectivity index (χ0) is 15.4.